The van der Waals surface area contributed by atoms with E-state index in [1.165, 1.54) is 0 Å². The zero-order chi connectivity index (χ0) is 12.4. The van der Waals surface area contributed by atoms with E-state index in [0.717, 1.165) is 24.5 Å². The molecule has 0 radical (unpaired) electrons. The van der Waals surface area contributed by atoms with Gasteiger partial charge in [-0.2, -0.15) is 0 Å². The molecule has 17 heavy (non-hydrogen) atoms. The van der Waals surface area contributed by atoms with E-state index in [0.29, 0.717) is 12.1 Å². The number of nitrogens with two attached hydrogens (primary N) is 1. The second-order valence-electron chi connectivity index (χ2n) is 4.23. The maximum Gasteiger partial charge on any atom is 0.170 e. The minimum atomic E-state index is -0.301. The van der Waals surface area contributed by atoms with Gasteiger partial charge in [0.1, 0.15) is 5.82 Å². The average molecular weight is 236 g/mol. The molecule has 4 N–H and O–H groups in total. The molecule has 0 amide bonds. The van der Waals surface area contributed by atoms with Crippen molar-refractivity contribution >= 4 is 11.7 Å². The molecule has 1 atom stereocenters. The minimum absolute atomic E-state index is 0.0662. The van der Waals surface area contributed by atoms with Crippen molar-refractivity contribution in [3.8, 4) is 0 Å². The molecule has 0 aliphatic carbocycles. The Labute approximate surface area is 99.4 Å². The third-order valence-electron chi connectivity index (χ3n) is 2.83. The molecule has 2 heterocycles. The molecule has 1 unspecified atom stereocenters. The summed E-state index contributed by atoms with van der Waals surface area (Å²) in [5, 5.41) is 21.1. The summed E-state index contributed by atoms with van der Waals surface area (Å²) >= 11 is 0. The van der Waals surface area contributed by atoms with Gasteiger partial charge >= 0.3 is 0 Å². The minimum Gasteiger partial charge on any atom is -0.409 e. The van der Waals surface area contributed by atoms with Gasteiger partial charge in [-0.25, -0.2) is 4.98 Å². The van der Waals surface area contributed by atoms with E-state index in [2.05, 4.69) is 10.1 Å². The third kappa shape index (κ3) is 2.47. The molecule has 0 spiro atoms. The van der Waals surface area contributed by atoms with Crippen molar-refractivity contribution in [2.24, 2.45) is 10.9 Å². The standard InChI is InChI=1S/C11H16N4O2/c1-7-4-8(11(12)14-17)5-10(13-7)15-3-2-9(16)6-15/h4-5,9,16-17H,2-3,6H2,1H3,(H2,12,14). The van der Waals surface area contributed by atoms with Gasteiger partial charge in [0.25, 0.3) is 0 Å². The van der Waals surface area contributed by atoms with Gasteiger partial charge in [-0.1, -0.05) is 5.16 Å². The van der Waals surface area contributed by atoms with Crippen LogP contribution in [0.25, 0.3) is 0 Å². The zero-order valence-electron chi connectivity index (χ0n) is 9.67. The highest BCUT2D eigenvalue weighted by Gasteiger charge is 2.22. The van der Waals surface area contributed by atoms with E-state index >= 15 is 0 Å². The lowest BCUT2D eigenvalue weighted by atomic mass is 10.2. The maximum atomic E-state index is 9.50. The van der Waals surface area contributed by atoms with E-state index in [4.69, 9.17) is 10.9 Å². The Morgan fingerprint density at radius 3 is 2.94 bits per heavy atom. The highest BCUT2D eigenvalue weighted by molar-refractivity contribution is 5.97. The average Bonchev–Trinajstić information content (AvgIpc) is 2.74. The molecule has 0 bridgehead atoms. The second kappa shape index (κ2) is 4.58. The number of hydrogen-bond acceptors (Lipinski definition) is 5. The first kappa shape index (κ1) is 11.7. The van der Waals surface area contributed by atoms with Gasteiger partial charge in [0.05, 0.1) is 6.10 Å². The number of aryl methyl sites for hydroxylation is 1. The van der Waals surface area contributed by atoms with Crippen molar-refractivity contribution in [3.63, 3.8) is 0 Å². The van der Waals surface area contributed by atoms with Gasteiger partial charge < -0.3 is 20.9 Å². The number of aliphatic hydroxyl groups excluding tert-OH is 1. The smallest absolute Gasteiger partial charge is 0.170 e. The largest absolute Gasteiger partial charge is 0.409 e. The fourth-order valence-electron chi connectivity index (χ4n) is 1.97. The molecule has 1 aliphatic rings. The van der Waals surface area contributed by atoms with E-state index in [-0.39, 0.29) is 11.9 Å². The van der Waals surface area contributed by atoms with Gasteiger partial charge in [-0.3, -0.25) is 0 Å². The van der Waals surface area contributed by atoms with Crippen LogP contribution >= 0.6 is 0 Å². The van der Waals surface area contributed by atoms with Crippen LogP contribution in [0.2, 0.25) is 0 Å². The number of aliphatic hydroxyl groups is 1. The van der Waals surface area contributed by atoms with E-state index in [1.54, 1.807) is 12.1 Å². The van der Waals surface area contributed by atoms with Crippen LogP contribution in [0.4, 0.5) is 5.82 Å². The first-order valence-electron chi connectivity index (χ1n) is 5.49. The molecule has 0 aromatic carbocycles. The number of anilines is 1. The summed E-state index contributed by atoms with van der Waals surface area (Å²) in [6, 6.07) is 3.52. The van der Waals surface area contributed by atoms with Crippen molar-refractivity contribution in [2.45, 2.75) is 19.4 Å². The first-order valence-corrected chi connectivity index (χ1v) is 5.49. The maximum absolute atomic E-state index is 9.50. The molecular formula is C11H16N4O2. The molecule has 1 aromatic rings. The SMILES string of the molecule is Cc1cc(/C(N)=N/O)cc(N2CCC(O)C2)n1. The Morgan fingerprint density at radius 2 is 2.35 bits per heavy atom. The molecule has 6 nitrogen and oxygen atoms in total. The Morgan fingerprint density at radius 1 is 1.59 bits per heavy atom. The molecule has 0 saturated carbocycles. The van der Waals surface area contributed by atoms with Crippen molar-refractivity contribution in [3.05, 3.63) is 23.4 Å². The number of β-amino-alcohol motifs (C(OH)–C–C–N with tert-alkyl or cyclic N) is 1. The van der Waals surface area contributed by atoms with Crippen LogP contribution < -0.4 is 10.6 Å². The molecule has 6 heteroatoms. The Kier molecular flexibility index (Phi) is 3.14. The lowest BCUT2D eigenvalue weighted by molar-refractivity contribution is 0.198. The predicted molar refractivity (Wildman–Crippen MR) is 64.3 cm³/mol. The Balaban J connectivity index is 2.32. The second-order valence-corrected chi connectivity index (χ2v) is 4.23. The van der Waals surface area contributed by atoms with Crippen molar-refractivity contribution < 1.29 is 10.3 Å². The number of rotatable bonds is 2. The number of oxime groups is 1. The monoisotopic (exact) mass is 236 g/mol. The van der Waals surface area contributed by atoms with Gasteiger partial charge in [0, 0.05) is 24.3 Å². The first-order chi connectivity index (χ1) is 8.10. The molecule has 1 saturated heterocycles. The van der Waals surface area contributed by atoms with Crippen molar-refractivity contribution in [1.29, 1.82) is 0 Å². The van der Waals surface area contributed by atoms with E-state index < -0.39 is 0 Å². The van der Waals surface area contributed by atoms with Crippen LogP contribution in [0.3, 0.4) is 0 Å². The lowest BCUT2D eigenvalue weighted by Crippen LogP contribution is -2.23. The molecular weight excluding hydrogens is 220 g/mol. The topological polar surface area (TPSA) is 95.0 Å². The summed E-state index contributed by atoms with van der Waals surface area (Å²) in [6.45, 7) is 3.20. The number of pyridine rings is 1. The Hall–Kier alpha value is -1.82. The summed E-state index contributed by atoms with van der Waals surface area (Å²) in [5.74, 6) is 0.819. The van der Waals surface area contributed by atoms with Crippen LogP contribution in [0.1, 0.15) is 17.7 Å². The molecule has 1 aromatic heterocycles. The van der Waals surface area contributed by atoms with Crippen LogP contribution in [0.15, 0.2) is 17.3 Å². The van der Waals surface area contributed by atoms with Crippen LogP contribution in [0, 0.1) is 6.92 Å². The highest BCUT2D eigenvalue weighted by atomic mass is 16.4. The van der Waals surface area contributed by atoms with Crippen molar-refractivity contribution in [2.75, 3.05) is 18.0 Å². The number of aromatic nitrogens is 1. The van der Waals surface area contributed by atoms with Gasteiger partial charge in [0.15, 0.2) is 5.84 Å². The highest BCUT2D eigenvalue weighted by Crippen LogP contribution is 2.20. The Bertz CT molecular complexity index is 447. The quantitative estimate of drug-likeness (QED) is 0.292. The summed E-state index contributed by atoms with van der Waals surface area (Å²) in [7, 11) is 0. The van der Waals surface area contributed by atoms with Crippen LogP contribution in [-0.2, 0) is 0 Å². The zero-order valence-corrected chi connectivity index (χ0v) is 9.67. The number of nitrogens with zero attached hydrogens (tertiary/aromatic N) is 3. The predicted octanol–water partition coefficient (Wildman–Crippen LogP) is 0.0555. The fourth-order valence-corrected chi connectivity index (χ4v) is 1.97. The van der Waals surface area contributed by atoms with Crippen LogP contribution in [-0.4, -0.2) is 40.3 Å². The molecule has 1 aliphatic heterocycles. The van der Waals surface area contributed by atoms with Crippen LogP contribution in [0.5, 0.6) is 0 Å². The van der Waals surface area contributed by atoms with Gasteiger partial charge in [0.2, 0.25) is 0 Å². The lowest BCUT2D eigenvalue weighted by Gasteiger charge is -2.17. The number of amidine groups is 1. The normalized spacial score (nSPS) is 20.9. The molecule has 1 fully saturated rings. The van der Waals surface area contributed by atoms with Gasteiger partial charge in [-0.05, 0) is 25.5 Å². The third-order valence-corrected chi connectivity index (χ3v) is 2.83. The molecule has 92 valence electrons. The van der Waals surface area contributed by atoms with Gasteiger partial charge in [-0.15, -0.1) is 0 Å². The summed E-state index contributed by atoms with van der Waals surface area (Å²) < 4.78 is 0. The summed E-state index contributed by atoms with van der Waals surface area (Å²) in [6.07, 6.45) is 0.443. The van der Waals surface area contributed by atoms with Crippen molar-refractivity contribution in [1.82, 2.24) is 4.98 Å². The number of hydrogen-bond donors (Lipinski definition) is 3. The summed E-state index contributed by atoms with van der Waals surface area (Å²) in [5.41, 5.74) is 6.99. The van der Waals surface area contributed by atoms with E-state index in [1.807, 2.05) is 11.8 Å². The van der Waals surface area contributed by atoms with E-state index in [9.17, 15) is 5.11 Å². The molecule has 2 rings (SSSR count). The fraction of sp³-hybridized carbons (Fsp3) is 0.455. The summed E-state index contributed by atoms with van der Waals surface area (Å²) in [4.78, 5) is 6.38.